The number of amides is 1. The first-order valence-electron chi connectivity index (χ1n) is 7.57. The predicted octanol–water partition coefficient (Wildman–Crippen LogP) is 2.53. The Balaban J connectivity index is 2.47. The number of benzene rings is 1. The van der Waals surface area contributed by atoms with E-state index < -0.39 is 12.0 Å². The summed E-state index contributed by atoms with van der Waals surface area (Å²) >= 11 is 0. The van der Waals surface area contributed by atoms with E-state index in [2.05, 4.69) is 10.4 Å². The van der Waals surface area contributed by atoms with Gasteiger partial charge in [-0.25, -0.2) is 13.9 Å². The molecule has 0 aliphatic heterocycles. The number of nitrogens with zero attached hydrogens (tertiary/aromatic N) is 2. The van der Waals surface area contributed by atoms with Crippen LogP contribution in [0.2, 0.25) is 0 Å². The van der Waals surface area contributed by atoms with E-state index in [-0.39, 0.29) is 17.6 Å². The number of carboxylic acids is 1. The number of aliphatic carboxylic acids is 1. The zero-order valence-electron chi connectivity index (χ0n) is 14.0. The standard InChI is InChI=1S/C17H20FN3O3/c1-9(2)16(22)19-15(17(23)24)14-10(3)20-21(11(14)4)13-7-5-12(18)6-8-13/h5-9,15H,1-4H3,(H,19,22)(H,23,24)/t15-/m1/s1. The van der Waals surface area contributed by atoms with Gasteiger partial charge in [0.15, 0.2) is 6.04 Å². The van der Waals surface area contributed by atoms with Gasteiger partial charge < -0.3 is 10.4 Å². The summed E-state index contributed by atoms with van der Waals surface area (Å²) in [6, 6.07) is 4.54. The molecule has 0 saturated heterocycles. The van der Waals surface area contributed by atoms with E-state index >= 15 is 0 Å². The second-order valence-corrected chi connectivity index (χ2v) is 5.91. The van der Waals surface area contributed by atoms with Crippen molar-refractivity contribution in [2.24, 2.45) is 5.92 Å². The molecule has 0 fully saturated rings. The van der Waals surface area contributed by atoms with Crippen molar-refractivity contribution in [2.45, 2.75) is 33.7 Å². The molecule has 128 valence electrons. The zero-order chi connectivity index (χ0) is 18.0. The van der Waals surface area contributed by atoms with Crippen LogP contribution in [0.5, 0.6) is 0 Å². The topological polar surface area (TPSA) is 84.2 Å². The van der Waals surface area contributed by atoms with Crippen LogP contribution in [-0.2, 0) is 9.59 Å². The lowest BCUT2D eigenvalue weighted by molar-refractivity contribution is -0.142. The normalized spacial score (nSPS) is 12.2. The summed E-state index contributed by atoms with van der Waals surface area (Å²) in [5, 5.41) is 16.4. The average Bonchev–Trinajstić information content (AvgIpc) is 2.80. The third kappa shape index (κ3) is 3.45. The summed E-state index contributed by atoms with van der Waals surface area (Å²) in [7, 11) is 0. The van der Waals surface area contributed by atoms with Gasteiger partial charge >= 0.3 is 5.97 Å². The lowest BCUT2D eigenvalue weighted by Gasteiger charge is -2.17. The van der Waals surface area contributed by atoms with Crippen molar-refractivity contribution >= 4 is 11.9 Å². The number of halogens is 1. The van der Waals surface area contributed by atoms with Crippen molar-refractivity contribution < 1.29 is 19.1 Å². The van der Waals surface area contributed by atoms with Crippen LogP contribution in [0.4, 0.5) is 4.39 Å². The highest BCUT2D eigenvalue weighted by atomic mass is 19.1. The third-order valence-corrected chi connectivity index (χ3v) is 3.77. The monoisotopic (exact) mass is 333 g/mol. The smallest absolute Gasteiger partial charge is 0.331 e. The molecule has 1 atom stereocenters. The third-order valence-electron chi connectivity index (χ3n) is 3.77. The molecule has 1 heterocycles. The Morgan fingerprint density at radius 3 is 2.29 bits per heavy atom. The van der Waals surface area contributed by atoms with Gasteiger partial charge in [0.1, 0.15) is 5.82 Å². The van der Waals surface area contributed by atoms with Crippen LogP contribution in [-0.4, -0.2) is 26.8 Å². The molecule has 7 heteroatoms. The van der Waals surface area contributed by atoms with Crippen molar-refractivity contribution in [3.8, 4) is 5.69 Å². The highest BCUT2D eigenvalue weighted by Gasteiger charge is 2.29. The summed E-state index contributed by atoms with van der Waals surface area (Å²) in [5.41, 5.74) is 2.12. The van der Waals surface area contributed by atoms with Crippen molar-refractivity contribution in [3.63, 3.8) is 0 Å². The number of hydrogen-bond donors (Lipinski definition) is 2. The summed E-state index contributed by atoms with van der Waals surface area (Å²) in [5.74, 6) is -2.21. The molecule has 0 unspecified atom stereocenters. The number of nitrogens with one attached hydrogen (secondary N) is 1. The van der Waals surface area contributed by atoms with Crippen LogP contribution in [0.25, 0.3) is 5.69 Å². The molecule has 0 radical (unpaired) electrons. The highest BCUT2D eigenvalue weighted by molar-refractivity contribution is 5.85. The SMILES string of the molecule is Cc1nn(-c2ccc(F)cc2)c(C)c1[C@@H](NC(=O)C(C)C)C(=O)O. The molecule has 1 aromatic heterocycles. The zero-order valence-corrected chi connectivity index (χ0v) is 14.0. The van der Waals surface area contributed by atoms with Crippen molar-refractivity contribution in [2.75, 3.05) is 0 Å². The fourth-order valence-corrected chi connectivity index (χ4v) is 2.47. The number of carbonyl (C=O) groups excluding carboxylic acids is 1. The quantitative estimate of drug-likeness (QED) is 0.880. The molecule has 24 heavy (non-hydrogen) atoms. The maximum absolute atomic E-state index is 13.1. The van der Waals surface area contributed by atoms with Crippen molar-refractivity contribution in [1.29, 1.82) is 0 Å². The van der Waals surface area contributed by atoms with Crippen LogP contribution >= 0.6 is 0 Å². The molecule has 0 aliphatic rings. The van der Waals surface area contributed by atoms with Crippen LogP contribution in [0.15, 0.2) is 24.3 Å². The summed E-state index contributed by atoms with van der Waals surface area (Å²) < 4.78 is 14.6. The molecule has 0 aliphatic carbocycles. The number of hydrogen-bond acceptors (Lipinski definition) is 3. The van der Waals surface area contributed by atoms with Crippen LogP contribution < -0.4 is 5.32 Å². The minimum Gasteiger partial charge on any atom is -0.479 e. The summed E-state index contributed by atoms with van der Waals surface area (Å²) in [6.07, 6.45) is 0. The Kier molecular flexibility index (Phi) is 5.02. The fourth-order valence-electron chi connectivity index (χ4n) is 2.47. The number of carbonyl (C=O) groups is 2. The van der Waals surface area contributed by atoms with Gasteiger partial charge in [0, 0.05) is 17.2 Å². The van der Waals surface area contributed by atoms with Gasteiger partial charge in [-0.2, -0.15) is 5.10 Å². The minimum absolute atomic E-state index is 0.334. The molecule has 2 rings (SSSR count). The van der Waals surface area contributed by atoms with Gasteiger partial charge in [0.25, 0.3) is 0 Å². The first-order chi connectivity index (χ1) is 11.2. The lowest BCUT2D eigenvalue weighted by Crippen LogP contribution is -2.36. The predicted molar refractivity (Wildman–Crippen MR) is 86.4 cm³/mol. The Hall–Kier alpha value is -2.70. The number of carboxylic acid groups (broad SMARTS) is 1. The van der Waals surface area contributed by atoms with Gasteiger partial charge in [0.2, 0.25) is 5.91 Å². The second-order valence-electron chi connectivity index (χ2n) is 5.91. The second kappa shape index (κ2) is 6.82. The van der Waals surface area contributed by atoms with E-state index in [1.807, 2.05) is 0 Å². The molecular weight excluding hydrogens is 313 g/mol. The first kappa shape index (κ1) is 17.7. The van der Waals surface area contributed by atoms with Gasteiger partial charge in [-0.1, -0.05) is 13.8 Å². The summed E-state index contributed by atoms with van der Waals surface area (Å²) in [4.78, 5) is 23.6. The summed E-state index contributed by atoms with van der Waals surface area (Å²) in [6.45, 7) is 6.78. The van der Waals surface area contributed by atoms with Crippen LogP contribution in [0.1, 0.15) is 36.8 Å². The van der Waals surface area contributed by atoms with E-state index in [1.54, 1.807) is 44.5 Å². The highest BCUT2D eigenvalue weighted by Crippen LogP contribution is 2.25. The molecule has 0 spiro atoms. The Labute approximate surface area is 139 Å². The maximum atomic E-state index is 13.1. The largest absolute Gasteiger partial charge is 0.479 e. The Morgan fingerprint density at radius 1 is 1.21 bits per heavy atom. The van der Waals surface area contributed by atoms with Crippen molar-refractivity contribution in [1.82, 2.24) is 15.1 Å². The molecule has 2 N–H and O–H groups in total. The van der Waals surface area contributed by atoms with Crippen LogP contribution in [0, 0.1) is 25.6 Å². The number of aryl methyl sites for hydroxylation is 1. The maximum Gasteiger partial charge on any atom is 0.331 e. The number of rotatable bonds is 5. The van der Waals surface area contributed by atoms with E-state index in [9.17, 15) is 19.1 Å². The van der Waals surface area contributed by atoms with E-state index in [1.165, 1.54) is 12.1 Å². The number of aromatic nitrogens is 2. The van der Waals surface area contributed by atoms with Gasteiger partial charge in [-0.15, -0.1) is 0 Å². The lowest BCUT2D eigenvalue weighted by atomic mass is 10.0. The molecular formula is C17H20FN3O3. The molecule has 0 saturated carbocycles. The van der Waals surface area contributed by atoms with E-state index in [0.717, 1.165) is 0 Å². The minimum atomic E-state index is -1.19. The van der Waals surface area contributed by atoms with E-state index in [0.29, 0.717) is 22.6 Å². The average molecular weight is 333 g/mol. The van der Waals surface area contributed by atoms with Gasteiger partial charge in [0.05, 0.1) is 11.4 Å². The Bertz CT molecular complexity index is 766. The molecule has 1 aromatic carbocycles. The van der Waals surface area contributed by atoms with Crippen molar-refractivity contribution in [3.05, 3.63) is 47.0 Å². The fraction of sp³-hybridized carbons (Fsp3) is 0.353. The first-order valence-corrected chi connectivity index (χ1v) is 7.57. The van der Waals surface area contributed by atoms with Gasteiger partial charge in [-0.3, -0.25) is 4.79 Å². The van der Waals surface area contributed by atoms with E-state index in [4.69, 9.17) is 0 Å². The van der Waals surface area contributed by atoms with Gasteiger partial charge in [-0.05, 0) is 38.1 Å². The molecule has 6 nitrogen and oxygen atoms in total. The molecule has 1 amide bonds. The van der Waals surface area contributed by atoms with Crippen LogP contribution in [0.3, 0.4) is 0 Å². The molecule has 0 bridgehead atoms. The Morgan fingerprint density at radius 2 is 1.79 bits per heavy atom. The molecule has 2 aromatic rings.